The SMILES string of the molecule is Cc1nn(C)cc1CN1CCCC(c2nncn2Cc2ccccc2)C1. The van der Waals surface area contributed by atoms with Crippen molar-refractivity contribution in [1.82, 2.24) is 29.4 Å². The molecule has 6 nitrogen and oxygen atoms in total. The van der Waals surface area contributed by atoms with Crippen LogP contribution in [0.4, 0.5) is 0 Å². The van der Waals surface area contributed by atoms with Crippen LogP contribution in [0, 0.1) is 6.92 Å². The lowest BCUT2D eigenvalue weighted by Crippen LogP contribution is -2.35. The Morgan fingerprint density at radius 1 is 1.15 bits per heavy atom. The molecule has 6 heteroatoms. The van der Waals surface area contributed by atoms with Gasteiger partial charge in [0.1, 0.15) is 12.2 Å². The fourth-order valence-electron chi connectivity index (χ4n) is 3.94. The summed E-state index contributed by atoms with van der Waals surface area (Å²) in [7, 11) is 1.99. The van der Waals surface area contributed by atoms with Crippen molar-refractivity contribution >= 4 is 0 Å². The van der Waals surface area contributed by atoms with Gasteiger partial charge in [-0.2, -0.15) is 5.10 Å². The maximum absolute atomic E-state index is 4.47. The summed E-state index contributed by atoms with van der Waals surface area (Å²) >= 11 is 0. The summed E-state index contributed by atoms with van der Waals surface area (Å²) in [5, 5.41) is 13.1. The molecule has 0 N–H and O–H groups in total. The molecule has 1 aliphatic rings. The Labute approximate surface area is 154 Å². The van der Waals surface area contributed by atoms with E-state index in [1.165, 1.54) is 24.0 Å². The van der Waals surface area contributed by atoms with Crippen LogP contribution in [-0.2, 0) is 20.1 Å². The molecule has 1 aromatic carbocycles. The fourth-order valence-corrected chi connectivity index (χ4v) is 3.94. The standard InChI is InChI=1S/C20H26N6/c1-16-19(12-24(2)23-16)14-25-10-6-9-18(13-25)20-22-21-15-26(20)11-17-7-4-3-5-8-17/h3-5,7-8,12,15,18H,6,9-11,13-14H2,1-2H3. The second-order valence-electron chi connectivity index (χ2n) is 7.29. The fraction of sp³-hybridized carbons (Fsp3) is 0.450. The van der Waals surface area contributed by atoms with Crippen molar-refractivity contribution in [3.05, 3.63) is 65.5 Å². The number of piperidine rings is 1. The Morgan fingerprint density at radius 3 is 2.77 bits per heavy atom. The van der Waals surface area contributed by atoms with E-state index in [0.29, 0.717) is 5.92 Å². The van der Waals surface area contributed by atoms with Crippen molar-refractivity contribution in [3.8, 4) is 0 Å². The molecule has 26 heavy (non-hydrogen) atoms. The van der Waals surface area contributed by atoms with Crippen LogP contribution in [0.3, 0.4) is 0 Å². The first-order chi connectivity index (χ1) is 12.7. The lowest BCUT2D eigenvalue weighted by Gasteiger charge is -2.32. The molecule has 1 saturated heterocycles. The van der Waals surface area contributed by atoms with Crippen molar-refractivity contribution < 1.29 is 0 Å². The molecule has 4 rings (SSSR count). The maximum Gasteiger partial charge on any atom is 0.137 e. The minimum atomic E-state index is 0.437. The average Bonchev–Trinajstić information content (AvgIpc) is 3.22. The minimum Gasteiger partial charge on any atom is -0.313 e. The van der Waals surface area contributed by atoms with Crippen molar-refractivity contribution in [2.24, 2.45) is 7.05 Å². The molecule has 1 atom stereocenters. The van der Waals surface area contributed by atoms with E-state index in [0.717, 1.165) is 37.7 Å². The summed E-state index contributed by atoms with van der Waals surface area (Å²) < 4.78 is 4.11. The van der Waals surface area contributed by atoms with E-state index >= 15 is 0 Å². The van der Waals surface area contributed by atoms with Crippen LogP contribution in [0.5, 0.6) is 0 Å². The molecule has 0 radical (unpaired) electrons. The Morgan fingerprint density at radius 2 is 2.00 bits per heavy atom. The van der Waals surface area contributed by atoms with Gasteiger partial charge in [0.25, 0.3) is 0 Å². The van der Waals surface area contributed by atoms with E-state index < -0.39 is 0 Å². The molecule has 3 heterocycles. The van der Waals surface area contributed by atoms with Crippen LogP contribution >= 0.6 is 0 Å². The van der Waals surface area contributed by atoms with Crippen molar-refractivity contribution in [2.75, 3.05) is 13.1 Å². The number of benzene rings is 1. The monoisotopic (exact) mass is 350 g/mol. The van der Waals surface area contributed by atoms with Crippen molar-refractivity contribution in [1.29, 1.82) is 0 Å². The summed E-state index contributed by atoms with van der Waals surface area (Å²) in [6.07, 6.45) is 6.38. The molecule has 1 fully saturated rings. The first kappa shape index (κ1) is 17.0. The van der Waals surface area contributed by atoms with Crippen LogP contribution < -0.4 is 0 Å². The summed E-state index contributed by atoms with van der Waals surface area (Å²) in [5.74, 6) is 1.55. The van der Waals surface area contributed by atoms with Crippen LogP contribution in [0.2, 0.25) is 0 Å². The molecule has 0 amide bonds. The van der Waals surface area contributed by atoms with Gasteiger partial charge in [-0.15, -0.1) is 10.2 Å². The highest BCUT2D eigenvalue weighted by Crippen LogP contribution is 2.27. The van der Waals surface area contributed by atoms with Crippen LogP contribution in [0.25, 0.3) is 0 Å². The van der Waals surface area contributed by atoms with Gasteiger partial charge < -0.3 is 4.57 Å². The molecule has 0 bridgehead atoms. The zero-order valence-electron chi connectivity index (χ0n) is 15.5. The minimum absolute atomic E-state index is 0.437. The third-order valence-electron chi connectivity index (χ3n) is 5.22. The molecule has 1 unspecified atom stereocenters. The lowest BCUT2D eigenvalue weighted by molar-refractivity contribution is 0.194. The van der Waals surface area contributed by atoms with Gasteiger partial charge in [0, 0.05) is 37.8 Å². The lowest BCUT2D eigenvalue weighted by atomic mass is 9.96. The average molecular weight is 350 g/mol. The van der Waals surface area contributed by atoms with Gasteiger partial charge in [0.05, 0.1) is 12.2 Å². The second kappa shape index (κ2) is 7.41. The predicted octanol–water partition coefficient (Wildman–Crippen LogP) is 2.75. The Kier molecular flexibility index (Phi) is 4.84. The van der Waals surface area contributed by atoms with Crippen LogP contribution in [-0.4, -0.2) is 42.5 Å². The van der Waals surface area contributed by atoms with E-state index in [2.05, 4.69) is 68.2 Å². The highest BCUT2D eigenvalue weighted by Gasteiger charge is 2.26. The van der Waals surface area contributed by atoms with Gasteiger partial charge in [-0.1, -0.05) is 30.3 Å². The largest absolute Gasteiger partial charge is 0.313 e. The normalized spacial score (nSPS) is 18.3. The maximum atomic E-state index is 4.47. The topological polar surface area (TPSA) is 51.8 Å². The molecule has 2 aromatic heterocycles. The van der Waals surface area contributed by atoms with E-state index in [1.807, 2.05) is 18.1 Å². The summed E-state index contributed by atoms with van der Waals surface area (Å²) in [5.41, 5.74) is 3.73. The number of hydrogen-bond acceptors (Lipinski definition) is 4. The van der Waals surface area contributed by atoms with Crippen molar-refractivity contribution in [3.63, 3.8) is 0 Å². The van der Waals surface area contributed by atoms with E-state index in [4.69, 9.17) is 0 Å². The number of aryl methyl sites for hydroxylation is 2. The van der Waals surface area contributed by atoms with Gasteiger partial charge >= 0.3 is 0 Å². The molecule has 0 aliphatic carbocycles. The highest BCUT2D eigenvalue weighted by molar-refractivity contribution is 5.17. The molecule has 136 valence electrons. The smallest absolute Gasteiger partial charge is 0.137 e. The second-order valence-corrected chi connectivity index (χ2v) is 7.29. The molecular weight excluding hydrogens is 324 g/mol. The molecular formula is C20H26N6. The van der Waals surface area contributed by atoms with Crippen LogP contribution in [0.15, 0.2) is 42.9 Å². The number of likely N-dealkylation sites (tertiary alicyclic amines) is 1. The third-order valence-corrected chi connectivity index (χ3v) is 5.22. The Bertz CT molecular complexity index is 850. The first-order valence-electron chi connectivity index (χ1n) is 9.32. The number of nitrogens with zero attached hydrogens (tertiary/aromatic N) is 6. The molecule has 0 saturated carbocycles. The summed E-state index contributed by atoms with van der Waals surface area (Å²) in [6, 6.07) is 10.5. The van der Waals surface area contributed by atoms with E-state index in [-0.39, 0.29) is 0 Å². The first-order valence-corrected chi connectivity index (χ1v) is 9.32. The highest BCUT2D eigenvalue weighted by atomic mass is 15.3. The third kappa shape index (κ3) is 3.70. The van der Waals surface area contributed by atoms with Gasteiger partial charge in [0.15, 0.2) is 0 Å². The van der Waals surface area contributed by atoms with Gasteiger partial charge in [-0.3, -0.25) is 9.58 Å². The van der Waals surface area contributed by atoms with Gasteiger partial charge in [0.2, 0.25) is 0 Å². The molecule has 3 aromatic rings. The Balaban J connectivity index is 1.46. The predicted molar refractivity (Wildman–Crippen MR) is 101 cm³/mol. The molecule has 1 aliphatic heterocycles. The number of aromatic nitrogens is 5. The van der Waals surface area contributed by atoms with E-state index in [9.17, 15) is 0 Å². The zero-order chi connectivity index (χ0) is 17.9. The summed E-state index contributed by atoms with van der Waals surface area (Å²) in [6.45, 7) is 6.05. The zero-order valence-corrected chi connectivity index (χ0v) is 15.5. The van der Waals surface area contributed by atoms with Gasteiger partial charge in [-0.25, -0.2) is 0 Å². The van der Waals surface area contributed by atoms with E-state index in [1.54, 1.807) is 0 Å². The van der Waals surface area contributed by atoms with Crippen LogP contribution in [0.1, 0.15) is 41.4 Å². The number of rotatable bonds is 5. The van der Waals surface area contributed by atoms with Crippen molar-refractivity contribution in [2.45, 2.75) is 38.8 Å². The van der Waals surface area contributed by atoms with Gasteiger partial charge in [-0.05, 0) is 31.9 Å². The molecule has 0 spiro atoms. The number of hydrogen-bond donors (Lipinski definition) is 0. The quantitative estimate of drug-likeness (QED) is 0.710. The Hall–Kier alpha value is -2.47. The summed E-state index contributed by atoms with van der Waals surface area (Å²) in [4.78, 5) is 2.53.